The Kier molecular flexibility index (Phi) is 5.44. The van der Waals surface area contributed by atoms with E-state index in [1.54, 1.807) is 13.2 Å². The van der Waals surface area contributed by atoms with E-state index in [0.29, 0.717) is 36.1 Å². The number of hydrogen-bond donors (Lipinski definition) is 2. The van der Waals surface area contributed by atoms with E-state index in [9.17, 15) is 0 Å². The SMILES string of the molecule is COCCN(CCO)c1nc(N)cc(Br)n1. The zero-order chi connectivity index (χ0) is 12.0. The molecule has 0 aliphatic rings. The third-order valence-electron chi connectivity index (χ3n) is 1.92. The average Bonchev–Trinajstić information content (AvgIpc) is 2.22. The van der Waals surface area contributed by atoms with Crippen LogP contribution in [0.1, 0.15) is 0 Å². The van der Waals surface area contributed by atoms with Crippen molar-refractivity contribution in [2.45, 2.75) is 0 Å². The number of nitrogens with zero attached hydrogens (tertiary/aromatic N) is 3. The number of aliphatic hydroxyl groups excluding tert-OH is 1. The van der Waals surface area contributed by atoms with E-state index >= 15 is 0 Å². The van der Waals surface area contributed by atoms with E-state index in [2.05, 4.69) is 25.9 Å². The number of hydrogen-bond acceptors (Lipinski definition) is 6. The van der Waals surface area contributed by atoms with Gasteiger partial charge in [0.2, 0.25) is 5.95 Å². The highest BCUT2D eigenvalue weighted by Gasteiger charge is 2.10. The minimum Gasteiger partial charge on any atom is -0.395 e. The summed E-state index contributed by atoms with van der Waals surface area (Å²) in [5.74, 6) is 0.871. The predicted molar refractivity (Wildman–Crippen MR) is 65.3 cm³/mol. The molecule has 0 atom stereocenters. The van der Waals surface area contributed by atoms with Crippen LogP contribution in [0.4, 0.5) is 11.8 Å². The highest BCUT2D eigenvalue weighted by Crippen LogP contribution is 2.15. The van der Waals surface area contributed by atoms with Gasteiger partial charge in [-0.3, -0.25) is 0 Å². The summed E-state index contributed by atoms with van der Waals surface area (Å²) >= 11 is 3.25. The highest BCUT2D eigenvalue weighted by molar-refractivity contribution is 9.10. The van der Waals surface area contributed by atoms with E-state index in [1.807, 2.05) is 4.90 Å². The second-order valence-corrected chi connectivity index (χ2v) is 3.93. The number of halogens is 1. The number of aromatic nitrogens is 2. The molecule has 0 amide bonds. The molecule has 1 heterocycles. The van der Waals surface area contributed by atoms with Gasteiger partial charge in [0.05, 0.1) is 13.2 Å². The summed E-state index contributed by atoms with van der Waals surface area (Å²) in [6, 6.07) is 1.62. The molecule has 0 aromatic carbocycles. The van der Waals surface area contributed by atoms with Crippen LogP contribution >= 0.6 is 15.9 Å². The van der Waals surface area contributed by atoms with Crippen molar-refractivity contribution in [2.75, 3.05) is 44.0 Å². The molecule has 16 heavy (non-hydrogen) atoms. The van der Waals surface area contributed by atoms with E-state index in [4.69, 9.17) is 15.6 Å². The first-order valence-corrected chi connectivity index (χ1v) is 5.61. The molecule has 90 valence electrons. The maximum atomic E-state index is 8.95. The van der Waals surface area contributed by atoms with Gasteiger partial charge in [-0.2, -0.15) is 4.98 Å². The molecule has 3 N–H and O–H groups in total. The summed E-state index contributed by atoms with van der Waals surface area (Å²) in [6.07, 6.45) is 0. The fraction of sp³-hybridized carbons (Fsp3) is 0.556. The van der Waals surface area contributed by atoms with Gasteiger partial charge in [0.25, 0.3) is 0 Å². The lowest BCUT2D eigenvalue weighted by Crippen LogP contribution is -2.31. The summed E-state index contributed by atoms with van der Waals surface area (Å²) in [6.45, 7) is 1.61. The van der Waals surface area contributed by atoms with Gasteiger partial charge in [0.1, 0.15) is 10.4 Å². The lowest BCUT2D eigenvalue weighted by Gasteiger charge is -2.21. The van der Waals surface area contributed by atoms with Crippen LogP contribution in [0.25, 0.3) is 0 Å². The zero-order valence-corrected chi connectivity index (χ0v) is 10.6. The Morgan fingerprint density at radius 3 is 2.81 bits per heavy atom. The topological polar surface area (TPSA) is 84.5 Å². The summed E-state index contributed by atoms with van der Waals surface area (Å²) < 4.78 is 5.60. The maximum Gasteiger partial charge on any atom is 0.228 e. The Hall–Kier alpha value is -0.920. The molecular formula is C9H15BrN4O2. The molecule has 0 aliphatic heterocycles. The fourth-order valence-corrected chi connectivity index (χ4v) is 1.59. The van der Waals surface area contributed by atoms with Crippen molar-refractivity contribution < 1.29 is 9.84 Å². The molecule has 0 saturated heterocycles. The molecule has 0 unspecified atom stereocenters. The van der Waals surface area contributed by atoms with Gasteiger partial charge >= 0.3 is 0 Å². The second kappa shape index (κ2) is 6.62. The number of aliphatic hydroxyl groups is 1. The van der Waals surface area contributed by atoms with Crippen LogP contribution in [-0.4, -0.2) is 48.5 Å². The van der Waals surface area contributed by atoms with E-state index in [-0.39, 0.29) is 6.61 Å². The zero-order valence-electron chi connectivity index (χ0n) is 9.06. The summed E-state index contributed by atoms with van der Waals surface area (Å²) in [5.41, 5.74) is 5.62. The Labute approximate surface area is 103 Å². The van der Waals surface area contributed by atoms with Crippen molar-refractivity contribution in [3.05, 3.63) is 10.7 Å². The lowest BCUT2D eigenvalue weighted by molar-refractivity contribution is 0.202. The van der Waals surface area contributed by atoms with Crippen LogP contribution in [0.15, 0.2) is 10.7 Å². The van der Waals surface area contributed by atoms with Crippen LogP contribution < -0.4 is 10.6 Å². The van der Waals surface area contributed by atoms with Crippen LogP contribution in [0.5, 0.6) is 0 Å². The van der Waals surface area contributed by atoms with Crippen molar-refractivity contribution >= 4 is 27.7 Å². The Morgan fingerprint density at radius 1 is 1.50 bits per heavy atom. The van der Waals surface area contributed by atoms with Crippen molar-refractivity contribution in [1.82, 2.24) is 9.97 Å². The quantitative estimate of drug-likeness (QED) is 0.732. The third-order valence-corrected chi connectivity index (χ3v) is 2.33. The molecule has 7 heteroatoms. The molecule has 1 aromatic heterocycles. The van der Waals surface area contributed by atoms with Crippen LogP contribution in [0.3, 0.4) is 0 Å². The molecule has 0 fully saturated rings. The molecule has 0 radical (unpaired) electrons. The van der Waals surface area contributed by atoms with Gasteiger partial charge < -0.3 is 20.5 Å². The molecule has 1 rings (SSSR count). The smallest absolute Gasteiger partial charge is 0.228 e. The first kappa shape index (κ1) is 13.1. The van der Waals surface area contributed by atoms with E-state index in [0.717, 1.165) is 0 Å². The Balaban J connectivity index is 2.82. The van der Waals surface area contributed by atoms with Crippen molar-refractivity contribution in [3.63, 3.8) is 0 Å². The minimum atomic E-state index is 0.0273. The number of anilines is 2. The Bertz CT molecular complexity index is 317. The van der Waals surface area contributed by atoms with Gasteiger partial charge in [-0.25, -0.2) is 4.98 Å². The minimum absolute atomic E-state index is 0.0273. The average molecular weight is 291 g/mol. The largest absolute Gasteiger partial charge is 0.395 e. The van der Waals surface area contributed by atoms with Crippen LogP contribution in [0.2, 0.25) is 0 Å². The van der Waals surface area contributed by atoms with Crippen LogP contribution in [0, 0.1) is 0 Å². The second-order valence-electron chi connectivity index (χ2n) is 3.12. The number of rotatable bonds is 6. The number of ether oxygens (including phenoxy) is 1. The summed E-state index contributed by atoms with van der Waals surface area (Å²) in [5, 5.41) is 8.95. The summed E-state index contributed by atoms with van der Waals surface area (Å²) in [4.78, 5) is 10.1. The number of nitrogen functional groups attached to an aromatic ring is 1. The number of nitrogens with two attached hydrogens (primary N) is 1. The highest BCUT2D eigenvalue weighted by atomic mass is 79.9. The Morgan fingerprint density at radius 2 is 2.25 bits per heavy atom. The van der Waals surface area contributed by atoms with Gasteiger partial charge in [0.15, 0.2) is 0 Å². The molecular weight excluding hydrogens is 276 g/mol. The molecule has 6 nitrogen and oxygen atoms in total. The first-order valence-electron chi connectivity index (χ1n) is 4.82. The number of methoxy groups -OCH3 is 1. The fourth-order valence-electron chi connectivity index (χ4n) is 1.20. The molecule has 0 spiro atoms. The predicted octanol–water partition coefficient (Wildman–Crippen LogP) is 0.266. The van der Waals surface area contributed by atoms with Gasteiger partial charge in [-0.05, 0) is 15.9 Å². The summed E-state index contributed by atoms with van der Waals surface area (Å²) in [7, 11) is 1.62. The third kappa shape index (κ3) is 3.92. The lowest BCUT2D eigenvalue weighted by atomic mass is 10.5. The molecule has 0 bridgehead atoms. The normalized spacial score (nSPS) is 10.4. The maximum absolute atomic E-state index is 8.95. The standard InChI is InChI=1S/C9H15BrN4O2/c1-16-5-3-14(2-4-15)9-12-7(10)6-8(11)13-9/h6,15H,2-5H2,1H3,(H2,11,12,13). The van der Waals surface area contributed by atoms with Gasteiger partial charge in [-0.1, -0.05) is 0 Å². The van der Waals surface area contributed by atoms with E-state index < -0.39 is 0 Å². The monoisotopic (exact) mass is 290 g/mol. The van der Waals surface area contributed by atoms with E-state index in [1.165, 1.54) is 0 Å². The van der Waals surface area contributed by atoms with Crippen molar-refractivity contribution in [1.29, 1.82) is 0 Å². The molecule has 0 aliphatic carbocycles. The van der Waals surface area contributed by atoms with Crippen LogP contribution in [-0.2, 0) is 4.74 Å². The van der Waals surface area contributed by atoms with Crippen molar-refractivity contribution in [2.24, 2.45) is 0 Å². The molecule has 1 aromatic rings. The van der Waals surface area contributed by atoms with Crippen molar-refractivity contribution in [3.8, 4) is 0 Å². The molecule has 0 saturated carbocycles. The van der Waals surface area contributed by atoms with Gasteiger partial charge in [0, 0.05) is 26.3 Å². The first-order chi connectivity index (χ1) is 7.67. The van der Waals surface area contributed by atoms with Gasteiger partial charge in [-0.15, -0.1) is 0 Å².